The van der Waals surface area contributed by atoms with Crippen LogP contribution in [0.1, 0.15) is 12.5 Å². The number of para-hydroxylation sites is 1. The Balaban J connectivity index is 2.25. The lowest BCUT2D eigenvalue weighted by Crippen LogP contribution is -2.43. The third-order valence-corrected chi connectivity index (χ3v) is 3.34. The van der Waals surface area contributed by atoms with Crippen LogP contribution in [-0.2, 0) is 16.0 Å². The van der Waals surface area contributed by atoms with Crippen molar-refractivity contribution in [2.45, 2.75) is 19.4 Å². The molecule has 0 bridgehead atoms. The molecule has 1 aromatic rings. The van der Waals surface area contributed by atoms with E-state index >= 15 is 0 Å². The lowest BCUT2D eigenvalue weighted by molar-refractivity contribution is -0.137. The highest BCUT2D eigenvalue weighted by Gasteiger charge is 2.32. The summed E-state index contributed by atoms with van der Waals surface area (Å²) in [6.07, 6.45) is 3.83. The highest BCUT2D eigenvalue weighted by atomic mass is 16.5. The number of rotatable bonds is 3. The van der Waals surface area contributed by atoms with Crippen molar-refractivity contribution in [3.63, 3.8) is 0 Å². The average Bonchev–Trinajstić information content (AvgIpc) is 2.82. The van der Waals surface area contributed by atoms with E-state index in [0.717, 1.165) is 11.3 Å². The molecule has 1 aromatic carbocycles. The van der Waals surface area contributed by atoms with Crippen LogP contribution in [-0.4, -0.2) is 43.6 Å². The van der Waals surface area contributed by atoms with Crippen molar-refractivity contribution >= 4 is 17.7 Å². The molecule has 5 nitrogen and oxygen atoms in total. The molecule has 0 spiro atoms. The van der Waals surface area contributed by atoms with Crippen LogP contribution >= 0.6 is 0 Å². The summed E-state index contributed by atoms with van der Waals surface area (Å²) < 4.78 is 4.88. The van der Waals surface area contributed by atoms with Gasteiger partial charge in [-0.2, -0.15) is 0 Å². The molecule has 0 N–H and O–H groups in total. The number of nitrogens with zero attached hydrogens (tertiary/aromatic N) is 2. The summed E-state index contributed by atoms with van der Waals surface area (Å²) in [6.45, 7) is 2.10. The first kappa shape index (κ1) is 15.1. The normalized spacial score (nSPS) is 16.9. The maximum Gasteiger partial charge on any atom is 0.330 e. The Kier molecular flexibility index (Phi) is 4.62. The fraction of sp³-hybridized carbons (Fsp3) is 0.375. The zero-order valence-corrected chi connectivity index (χ0v) is 12.6. The second-order valence-electron chi connectivity index (χ2n) is 5.06. The molecular weight excluding hydrogens is 268 g/mol. The van der Waals surface area contributed by atoms with E-state index in [9.17, 15) is 9.59 Å². The number of benzene rings is 1. The molecule has 0 aromatic heterocycles. The van der Waals surface area contributed by atoms with Gasteiger partial charge in [-0.1, -0.05) is 24.3 Å². The van der Waals surface area contributed by atoms with Gasteiger partial charge in [-0.25, -0.2) is 9.59 Å². The second kappa shape index (κ2) is 6.43. The fourth-order valence-electron chi connectivity index (χ4n) is 2.41. The largest absolute Gasteiger partial charge is 0.463 e. The number of amides is 2. The van der Waals surface area contributed by atoms with Crippen molar-refractivity contribution in [2.24, 2.45) is 0 Å². The number of hydrogen-bond donors (Lipinski definition) is 0. The summed E-state index contributed by atoms with van der Waals surface area (Å²) in [5.41, 5.74) is 2.00. The van der Waals surface area contributed by atoms with Crippen molar-refractivity contribution in [1.82, 2.24) is 4.90 Å². The first-order valence-electron chi connectivity index (χ1n) is 6.98. The molecule has 1 aliphatic heterocycles. The zero-order chi connectivity index (χ0) is 15.4. The van der Waals surface area contributed by atoms with Crippen LogP contribution in [0.5, 0.6) is 0 Å². The smallest absolute Gasteiger partial charge is 0.330 e. The van der Waals surface area contributed by atoms with Crippen LogP contribution < -0.4 is 4.90 Å². The number of urea groups is 1. The average molecular weight is 288 g/mol. The van der Waals surface area contributed by atoms with E-state index in [2.05, 4.69) is 0 Å². The van der Waals surface area contributed by atoms with Gasteiger partial charge < -0.3 is 9.64 Å². The van der Waals surface area contributed by atoms with Crippen molar-refractivity contribution in [1.29, 1.82) is 0 Å². The Bertz CT molecular complexity index is 566. The number of ether oxygens (including phenoxy) is 1. The van der Waals surface area contributed by atoms with Crippen LogP contribution in [0.15, 0.2) is 36.4 Å². The summed E-state index contributed by atoms with van der Waals surface area (Å²) >= 11 is 0. The maximum atomic E-state index is 12.4. The van der Waals surface area contributed by atoms with E-state index in [4.69, 9.17) is 4.74 Å². The van der Waals surface area contributed by atoms with Gasteiger partial charge in [0.25, 0.3) is 0 Å². The summed E-state index contributed by atoms with van der Waals surface area (Å²) in [4.78, 5) is 27.1. The summed E-state index contributed by atoms with van der Waals surface area (Å²) in [5, 5.41) is 0. The number of hydrogen-bond acceptors (Lipinski definition) is 3. The quantitative estimate of drug-likeness (QED) is 0.633. The van der Waals surface area contributed by atoms with Gasteiger partial charge in [0.15, 0.2) is 0 Å². The number of carbonyl (C=O) groups is 2. The van der Waals surface area contributed by atoms with Gasteiger partial charge >= 0.3 is 12.0 Å². The molecular formula is C16H20N2O3. The fourth-order valence-corrected chi connectivity index (χ4v) is 2.41. The number of fused-ring (bicyclic) bond motifs is 1. The standard InChI is InChI=1S/C16H20N2O3/c1-4-21-15(19)10-9-13-11-12-7-5-6-8-14(12)18(13)16(20)17(2)3/h5-10,13H,4,11H2,1-3H3/b10-9+/t13-/m0/s1. The third kappa shape index (κ3) is 3.24. The minimum Gasteiger partial charge on any atom is -0.463 e. The van der Waals surface area contributed by atoms with Crippen LogP contribution in [0, 0.1) is 0 Å². The molecule has 0 aliphatic carbocycles. The molecule has 112 valence electrons. The van der Waals surface area contributed by atoms with Crippen LogP contribution in [0.2, 0.25) is 0 Å². The lowest BCUT2D eigenvalue weighted by Gasteiger charge is -2.26. The van der Waals surface area contributed by atoms with E-state index in [0.29, 0.717) is 13.0 Å². The van der Waals surface area contributed by atoms with Crippen LogP contribution in [0.3, 0.4) is 0 Å². The van der Waals surface area contributed by atoms with Gasteiger partial charge in [0, 0.05) is 25.9 Å². The van der Waals surface area contributed by atoms with Gasteiger partial charge in [-0.15, -0.1) is 0 Å². The Morgan fingerprint density at radius 2 is 2.10 bits per heavy atom. The number of carbonyl (C=O) groups excluding carboxylic acids is 2. The summed E-state index contributed by atoms with van der Waals surface area (Å²) in [6, 6.07) is 7.53. The van der Waals surface area contributed by atoms with Crippen LogP contribution in [0.4, 0.5) is 10.5 Å². The molecule has 0 saturated heterocycles. The Morgan fingerprint density at radius 3 is 2.76 bits per heavy atom. The number of anilines is 1. The molecule has 1 atom stereocenters. The lowest BCUT2D eigenvalue weighted by atomic mass is 10.1. The molecule has 1 heterocycles. The molecule has 0 saturated carbocycles. The van der Waals surface area contributed by atoms with E-state index in [1.807, 2.05) is 24.3 Å². The SMILES string of the molecule is CCOC(=O)/C=C/[C@H]1Cc2ccccc2N1C(=O)N(C)C. The second-order valence-corrected chi connectivity index (χ2v) is 5.06. The van der Waals surface area contributed by atoms with Gasteiger partial charge in [0.05, 0.1) is 12.6 Å². The van der Waals surface area contributed by atoms with E-state index < -0.39 is 0 Å². The van der Waals surface area contributed by atoms with Crippen molar-refractivity contribution < 1.29 is 14.3 Å². The molecule has 0 unspecified atom stereocenters. The van der Waals surface area contributed by atoms with Crippen molar-refractivity contribution in [3.05, 3.63) is 42.0 Å². The first-order valence-corrected chi connectivity index (χ1v) is 6.98. The maximum absolute atomic E-state index is 12.4. The van der Waals surface area contributed by atoms with Gasteiger partial charge in [-0.05, 0) is 25.0 Å². The topological polar surface area (TPSA) is 49.9 Å². The first-order chi connectivity index (χ1) is 10.0. The molecule has 2 rings (SSSR count). The van der Waals surface area contributed by atoms with Gasteiger partial charge in [0.1, 0.15) is 0 Å². The van der Waals surface area contributed by atoms with E-state index in [-0.39, 0.29) is 18.0 Å². The highest BCUT2D eigenvalue weighted by Crippen LogP contribution is 2.33. The molecule has 1 aliphatic rings. The molecule has 0 radical (unpaired) electrons. The number of esters is 1. The van der Waals surface area contributed by atoms with E-state index in [1.165, 1.54) is 11.0 Å². The Labute approximate surface area is 124 Å². The molecule has 21 heavy (non-hydrogen) atoms. The van der Waals surface area contributed by atoms with Crippen molar-refractivity contribution in [2.75, 3.05) is 25.6 Å². The molecule has 0 fully saturated rings. The zero-order valence-electron chi connectivity index (χ0n) is 12.6. The summed E-state index contributed by atoms with van der Waals surface area (Å²) in [5.74, 6) is -0.384. The monoisotopic (exact) mass is 288 g/mol. The minimum atomic E-state index is -0.384. The highest BCUT2D eigenvalue weighted by molar-refractivity contribution is 5.95. The minimum absolute atomic E-state index is 0.0986. The van der Waals surface area contributed by atoms with Crippen molar-refractivity contribution in [3.8, 4) is 0 Å². The molecule has 5 heteroatoms. The van der Waals surface area contributed by atoms with Gasteiger partial charge in [-0.3, -0.25) is 4.90 Å². The molecule has 2 amide bonds. The summed E-state index contributed by atoms with van der Waals surface area (Å²) in [7, 11) is 3.44. The predicted molar refractivity (Wildman–Crippen MR) is 81.3 cm³/mol. The van der Waals surface area contributed by atoms with E-state index in [1.54, 1.807) is 32.0 Å². The van der Waals surface area contributed by atoms with Crippen LogP contribution in [0.25, 0.3) is 0 Å². The Morgan fingerprint density at radius 1 is 1.38 bits per heavy atom. The van der Waals surface area contributed by atoms with Gasteiger partial charge in [0.2, 0.25) is 0 Å². The third-order valence-electron chi connectivity index (χ3n) is 3.34. The Hall–Kier alpha value is -2.30. The predicted octanol–water partition coefficient (Wildman–Crippen LogP) is 2.22.